The van der Waals surface area contributed by atoms with Crippen LogP contribution in [0.1, 0.15) is 28.4 Å². The predicted molar refractivity (Wildman–Crippen MR) is 80.7 cm³/mol. The Labute approximate surface area is 119 Å². The molecule has 4 nitrogen and oxygen atoms in total. The van der Waals surface area contributed by atoms with Crippen molar-refractivity contribution in [3.05, 3.63) is 59.3 Å². The quantitative estimate of drug-likeness (QED) is 0.877. The molecule has 104 valence electrons. The molecule has 4 heteroatoms. The van der Waals surface area contributed by atoms with Crippen molar-refractivity contribution in [2.24, 2.45) is 0 Å². The molecule has 0 unspecified atom stereocenters. The van der Waals surface area contributed by atoms with Crippen molar-refractivity contribution < 1.29 is 4.79 Å². The van der Waals surface area contributed by atoms with Crippen LogP contribution in [-0.4, -0.2) is 17.4 Å². The number of nitrogens with zero attached hydrogens (tertiary/aromatic N) is 1. The summed E-state index contributed by atoms with van der Waals surface area (Å²) >= 11 is 0. The van der Waals surface area contributed by atoms with E-state index < -0.39 is 0 Å². The van der Waals surface area contributed by atoms with Crippen molar-refractivity contribution in [3.63, 3.8) is 0 Å². The summed E-state index contributed by atoms with van der Waals surface area (Å²) in [6, 6.07) is 11.6. The van der Waals surface area contributed by atoms with Gasteiger partial charge in [-0.1, -0.05) is 29.8 Å². The number of amides is 1. The summed E-state index contributed by atoms with van der Waals surface area (Å²) in [6.07, 6.45) is 1.64. The molecule has 1 amide bonds. The number of nitrogens with one attached hydrogen (secondary N) is 2. The maximum Gasteiger partial charge on any atom is 0.251 e. The molecule has 0 bridgehead atoms. The van der Waals surface area contributed by atoms with Crippen molar-refractivity contribution in [1.29, 1.82) is 0 Å². The second-order valence-electron chi connectivity index (χ2n) is 4.63. The predicted octanol–water partition coefficient (Wildman–Crippen LogP) is 2.75. The van der Waals surface area contributed by atoms with E-state index >= 15 is 0 Å². The van der Waals surface area contributed by atoms with E-state index in [0.717, 1.165) is 17.9 Å². The molecule has 2 N–H and O–H groups in total. The number of aromatic nitrogens is 1. The second-order valence-corrected chi connectivity index (χ2v) is 4.63. The fraction of sp³-hybridized carbons (Fsp3) is 0.250. The number of anilines is 1. The number of aryl methyl sites for hydroxylation is 1. The normalized spacial score (nSPS) is 10.1. The lowest BCUT2D eigenvalue weighted by Gasteiger charge is -2.07. The lowest BCUT2D eigenvalue weighted by atomic mass is 10.1. The molecule has 0 aliphatic heterocycles. The monoisotopic (exact) mass is 269 g/mol. The Balaban J connectivity index is 1.97. The minimum absolute atomic E-state index is 0.0906. The van der Waals surface area contributed by atoms with Gasteiger partial charge in [-0.2, -0.15) is 0 Å². The lowest BCUT2D eigenvalue weighted by Crippen LogP contribution is -2.23. The summed E-state index contributed by atoms with van der Waals surface area (Å²) in [6.45, 7) is 5.34. The highest BCUT2D eigenvalue weighted by molar-refractivity contribution is 5.94. The third kappa shape index (κ3) is 3.82. The zero-order valence-electron chi connectivity index (χ0n) is 11.8. The second kappa shape index (κ2) is 6.70. The van der Waals surface area contributed by atoms with E-state index in [4.69, 9.17) is 0 Å². The van der Waals surface area contributed by atoms with Gasteiger partial charge in [-0.15, -0.1) is 0 Å². The van der Waals surface area contributed by atoms with Crippen molar-refractivity contribution in [2.45, 2.75) is 20.4 Å². The smallest absolute Gasteiger partial charge is 0.251 e. The number of carbonyl (C=O) groups is 1. The Morgan fingerprint density at radius 1 is 1.20 bits per heavy atom. The van der Waals surface area contributed by atoms with Crippen LogP contribution in [0.2, 0.25) is 0 Å². The molecule has 2 aromatic rings. The summed E-state index contributed by atoms with van der Waals surface area (Å²) in [7, 11) is 0. The Hall–Kier alpha value is -2.36. The first-order valence-corrected chi connectivity index (χ1v) is 6.72. The van der Waals surface area contributed by atoms with Gasteiger partial charge in [-0.3, -0.25) is 4.79 Å². The molecule has 1 heterocycles. The van der Waals surface area contributed by atoms with E-state index in [1.807, 2.05) is 38.1 Å². The molecule has 0 saturated heterocycles. The fourth-order valence-electron chi connectivity index (χ4n) is 1.84. The van der Waals surface area contributed by atoms with E-state index in [9.17, 15) is 4.79 Å². The maximum atomic E-state index is 12.1. The Morgan fingerprint density at radius 2 is 1.95 bits per heavy atom. The standard InChI is InChI=1S/C16H19N3O/c1-3-17-15-10-14(8-9-18-15)16(20)19-11-13-6-4-12(2)5-7-13/h4-10H,3,11H2,1-2H3,(H,17,18)(H,19,20). The van der Waals surface area contributed by atoms with Gasteiger partial charge in [0.15, 0.2) is 0 Å². The summed E-state index contributed by atoms with van der Waals surface area (Å²) in [5.41, 5.74) is 2.91. The number of pyridine rings is 1. The largest absolute Gasteiger partial charge is 0.370 e. The van der Waals surface area contributed by atoms with Gasteiger partial charge in [0.25, 0.3) is 5.91 Å². The molecule has 0 saturated carbocycles. The zero-order valence-corrected chi connectivity index (χ0v) is 11.8. The highest BCUT2D eigenvalue weighted by atomic mass is 16.1. The van der Waals surface area contributed by atoms with Gasteiger partial charge >= 0.3 is 0 Å². The molecule has 1 aromatic heterocycles. The molecule has 0 aliphatic carbocycles. The Bertz CT molecular complexity index is 579. The topological polar surface area (TPSA) is 54.0 Å². The lowest BCUT2D eigenvalue weighted by molar-refractivity contribution is 0.0951. The summed E-state index contributed by atoms with van der Waals surface area (Å²) in [4.78, 5) is 16.2. The van der Waals surface area contributed by atoms with Gasteiger partial charge in [-0.05, 0) is 31.5 Å². The first-order chi connectivity index (χ1) is 9.69. The summed E-state index contributed by atoms with van der Waals surface area (Å²) in [5.74, 6) is 0.627. The van der Waals surface area contributed by atoms with Crippen LogP contribution in [0.3, 0.4) is 0 Å². The van der Waals surface area contributed by atoms with Gasteiger partial charge in [0, 0.05) is 24.8 Å². The summed E-state index contributed by atoms with van der Waals surface area (Å²) in [5, 5.41) is 6.00. The van der Waals surface area contributed by atoms with E-state index in [0.29, 0.717) is 12.1 Å². The first kappa shape index (κ1) is 14.1. The molecule has 2 rings (SSSR count). The maximum absolute atomic E-state index is 12.1. The van der Waals surface area contributed by atoms with Gasteiger partial charge in [0.05, 0.1) is 0 Å². The van der Waals surface area contributed by atoms with Crippen LogP contribution in [-0.2, 0) is 6.54 Å². The van der Waals surface area contributed by atoms with E-state index in [2.05, 4.69) is 15.6 Å². The molecule has 1 aromatic carbocycles. The molecule has 0 atom stereocenters. The van der Waals surface area contributed by atoms with Gasteiger partial charge < -0.3 is 10.6 Å². The Morgan fingerprint density at radius 3 is 2.65 bits per heavy atom. The van der Waals surface area contributed by atoms with Crippen molar-refractivity contribution in [3.8, 4) is 0 Å². The average molecular weight is 269 g/mol. The van der Waals surface area contributed by atoms with Gasteiger partial charge in [0.2, 0.25) is 0 Å². The third-order valence-electron chi connectivity index (χ3n) is 2.95. The molecule has 20 heavy (non-hydrogen) atoms. The zero-order chi connectivity index (χ0) is 14.4. The van der Waals surface area contributed by atoms with Gasteiger partial charge in [-0.25, -0.2) is 4.98 Å². The Kier molecular flexibility index (Phi) is 4.71. The van der Waals surface area contributed by atoms with Crippen LogP contribution in [0.25, 0.3) is 0 Å². The number of carbonyl (C=O) groups excluding carboxylic acids is 1. The van der Waals surface area contributed by atoms with Crippen LogP contribution >= 0.6 is 0 Å². The van der Waals surface area contributed by atoms with Crippen LogP contribution in [0.15, 0.2) is 42.6 Å². The van der Waals surface area contributed by atoms with Crippen LogP contribution in [0.4, 0.5) is 5.82 Å². The molecule has 0 fully saturated rings. The average Bonchev–Trinajstić information content (AvgIpc) is 2.47. The highest BCUT2D eigenvalue weighted by Crippen LogP contribution is 2.07. The van der Waals surface area contributed by atoms with Crippen molar-refractivity contribution in [1.82, 2.24) is 10.3 Å². The van der Waals surface area contributed by atoms with Gasteiger partial charge in [0.1, 0.15) is 5.82 Å². The van der Waals surface area contributed by atoms with Crippen LogP contribution in [0.5, 0.6) is 0 Å². The number of hydrogen-bond acceptors (Lipinski definition) is 3. The highest BCUT2D eigenvalue weighted by Gasteiger charge is 2.06. The number of benzene rings is 1. The SMILES string of the molecule is CCNc1cc(C(=O)NCc2ccc(C)cc2)ccn1. The molecular weight excluding hydrogens is 250 g/mol. The van der Waals surface area contributed by atoms with Crippen molar-refractivity contribution in [2.75, 3.05) is 11.9 Å². The fourth-order valence-corrected chi connectivity index (χ4v) is 1.84. The van der Waals surface area contributed by atoms with Crippen LogP contribution < -0.4 is 10.6 Å². The van der Waals surface area contributed by atoms with E-state index in [1.165, 1.54) is 5.56 Å². The summed E-state index contributed by atoms with van der Waals surface area (Å²) < 4.78 is 0. The van der Waals surface area contributed by atoms with Crippen LogP contribution in [0, 0.1) is 6.92 Å². The third-order valence-corrected chi connectivity index (χ3v) is 2.95. The van der Waals surface area contributed by atoms with Crippen molar-refractivity contribution >= 4 is 11.7 Å². The molecule has 0 spiro atoms. The molecule has 0 aliphatic rings. The number of hydrogen-bond donors (Lipinski definition) is 2. The minimum atomic E-state index is -0.0906. The number of rotatable bonds is 5. The molecule has 0 radical (unpaired) electrons. The van der Waals surface area contributed by atoms with E-state index in [-0.39, 0.29) is 5.91 Å². The van der Waals surface area contributed by atoms with E-state index in [1.54, 1.807) is 18.3 Å². The first-order valence-electron chi connectivity index (χ1n) is 6.72. The molecular formula is C16H19N3O. The minimum Gasteiger partial charge on any atom is -0.370 e.